The van der Waals surface area contributed by atoms with Crippen LogP contribution in [-0.4, -0.2) is 40.6 Å². The van der Waals surface area contributed by atoms with E-state index in [9.17, 15) is 4.79 Å². The second-order valence-corrected chi connectivity index (χ2v) is 9.05. The number of fused-ring (bicyclic) bond motifs is 2. The van der Waals surface area contributed by atoms with Crippen LogP contribution in [0, 0.1) is 0 Å². The van der Waals surface area contributed by atoms with Gasteiger partial charge in [0.2, 0.25) is 0 Å². The van der Waals surface area contributed by atoms with Crippen LogP contribution in [0.2, 0.25) is 0 Å². The highest BCUT2D eigenvalue weighted by molar-refractivity contribution is 6.11. The number of nitrogens with one attached hydrogen (secondary N) is 1. The van der Waals surface area contributed by atoms with Gasteiger partial charge in [0, 0.05) is 54.9 Å². The van der Waals surface area contributed by atoms with Crippen molar-refractivity contribution in [3.8, 4) is 22.3 Å². The summed E-state index contributed by atoms with van der Waals surface area (Å²) in [7, 11) is 1.65. The third kappa shape index (κ3) is 3.81. The van der Waals surface area contributed by atoms with E-state index >= 15 is 0 Å². The zero-order valence-electron chi connectivity index (χ0n) is 19.7. The van der Waals surface area contributed by atoms with Crippen LogP contribution in [0.5, 0.6) is 0 Å². The predicted molar refractivity (Wildman–Crippen MR) is 141 cm³/mol. The average molecular weight is 462 g/mol. The fraction of sp³-hybridized carbons (Fsp3) is 0.207. The lowest BCUT2D eigenvalue weighted by Gasteiger charge is -2.28. The molecule has 5 aromatic rings. The monoisotopic (exact) mass is 461 g/mol. The molecule has 0 radical (unpaired) electrons. The van der Waals surface area contributed by atoms with Gasteiger partial charge in [0.05, 0.1) is 6.20 Å². The number of carbonyl (C=O) groups excluding carboxylic acids is 1. The Balaban J connectivity index is 1.36. The Labute approximate surface area is 204 Å². The normalized spacial score (nSPS) is 13.9. The molecular weight excluding hydrogens is 434 g/mol. The number of anilines is 1. The molecule has 0 aliphatic carbocycles. The molecule has 3 heterocycles. The molecular formula is C29H27N5O. The molecule has 1 N–H and O–H groups in total. The first kappa shape index (κ1) is 21.4. The average Bonchev–Trinajstić information content (AvgIpc) is 3.35. The highest BCUT2D eigenvalue weighted by Crippen LogP contribution is 2.33. The van der Waals surface area contributed by atoms with E-state index < -0.39 is 0 Å². The molecule has 6 nitrogen and oxygen atoms in total. The second-order valence-electron chi connectivity index (χ2n) is 9.05. The Bertz CT molecular complexity index is 1530. The SMILES string of the molecule is CNC(=O)c1cccc2c(-c3cnn4cc(-c5ccc(N6CCCCC6)cc5)cnc34)cccc12. The van der Waals surface area contributed by atoms with Crippen LogP contribution >= 0.6 is 0 Å². The fourth-order valence-corrected chi connectivity index (χ4v) is 5.11. The van der Waals surface area contributed by atoms with E-state index in [1.165, 1.54) is 24.9 Å². The van der Waals surface area contributed by atoms with Gasteiger partial charge in [-0.3, -0.25) is 4.79 Å². The molecule has 2 aromatic heterocycles. The summed E-state index contributed by atoms with van der Waals surface area (Å²) in [5.74, 6) is -0.0957. The number of nitrogens with zero attached hydrogens (tertiary/aromatic N) is 4. The fourth-order valence-electron chi connectivity index (χ4n) is 5.11. The number of rotatable bonds is 4. The van der Waals surface area contributed by atoms with Crippen molar-refractivity contribution in [1.29, 1.82) is 0 Å². The molecule has 1 fully saturated rings. The number of hydrogen-bond donors (Lipinski definition) is 1. The summed E-state index contributed by atoms with van der Waals surface area (Å²) >= 11 is 0. The molecule has 0 saturated carbocycles. The highest BCUT2D eigenvalue weighted by Gasteiger charge is 2.16. The van der Waals surface area contributed by atoms with Crippen LogP contribution in [-0.2, 0) is 0 Å². The maximum atomic E-state index is 12.4. The largest absolute Gasteiger partial charge is 0.372 e. The smallest absolute Gasteiger partial charge is 0.251 e. The van der Waals surface area contributed by atoms with Crippen LogP contribution in [0.15, 0.2) is 79.3 Å². The molecule has 35 heavy (non-hydrogen) atoms. The van der Waals surface area contributed by atoms with Crippen LogP contribution in [0.3, 0.4) is 0 Å². The van der Waals surface area contributed by atoms with Gasteiger partial charge >= 0.3 is 0 Å². The molecule has 0 unspecified atom stereocenters. The summed E-state index contributed by atoms with van der Waals surface area (Å²) in [6.07, 6.45) is 9.68. The van der Waals surface area contributed by atoms with Crippen LogP contribution < -0.4 is 10.2 Å². The number of carbonyl (C=O) groups is 1. The van der Waals surface area contributed by atoms with Gasteiger partial charge in [0.15, 0.2) is 5.65 Å². The van der Waals surface area contributed by atoms with E-state index in [1.807, 2.05) is 53.4 Å². The van der Waals surface area contributed by atoms with Crippen molar-refractivity contribution >= 4 is 28.0 Å². The van der Waals surface area contributed by atoms with Crippen molar-refractivity contribution in [2.75, 3.05) is 25.0 Å². The zero-order chi connectivity index (χ0) is 23.8. The van der Waals surface area contributed by atoms with Crippen molar-refractivity contribution < 1.29 is 4.79 Å². The van der Waals surface area contributed by atoms with Gasteiger partial charge in [0.1, 0.15) is 0 Å². The predicted octanol–water partition coefficient (Wildman–Crippen LogP) is 5.57. The van der Waals surface area contributed by atoms with E-state index in [0.29, 0.717) is 5.56 Å². The number of amides is 1. The first-order valence-corrected chi connectivity index (χ1v) is 12.2. The number of aromatic nitrogens is 3. The highest BCUT2D eigenvalue weighted by atomic mass is 16.1. The van der Waals surface area contributed by atoms with Gasteiger partial charge in [-0.25, -0.2) is 9.50 Å². The van der Waals surface area contributed by atoms with Crippen LogP contribution in [0.1, 0.15) is 29.6 Å². The first-order chi connectivity index (χ1) is 17.2. The summed E-state index contributed by atoms with van der Waals surface area (Å²) in [5, 5.41) is 9.26. The Kier molecular flexibility index (Phi) is 5.41. The molecule has 1 aliphatic rings. The van der Waals surface area contributed by atoms with E-state index in [1.54, 1.807) is 7.05 Å². The minimum absolute atomic E-state index is 0.0957. The van der Waals surface area contributed by atoms with Gasteiger partial charge in [-0.1, -0.05) is 42.5 Å². The molecule has 174 valence electrons. The molecule has 0 spiro atoms. The first-order valence-electron chi connectivity index (χ1n) is 12.2. The number of benzene rings is 3. The topological polar surface area (TPSA) is 62.5 Å². The van der Waals surface area contributed by atoms with E-state index in [0.717, 1.165) is 51.8 Å². The Hall–Kier alpha value is -4.19. The molecule has 1 amide bonds. The minimum Gasteiger partial charge on any atom is -0.372 e. The summed E-state index contributed by atoms with van der Waals surface area (Å²) in [4.78, 5) is 19.6. The molecule has 0 bridgehead atoms. The van der Waals surface area contributed by atoms with E-state index in [2.05, 4.69) is 45.6 Å². The van der Waals surface area contributed by atoms with Crippen LogP contribution in [0.25, 0.3) is 38.7 Å². The zero-order valence-corrected chi connectivity index (χ0v) is 19.7. The van der Waals surface area contributed by atoms with E-state index in [-0.39, 0.29) is 5.91 Å². The summed E-state index contributed by atoms with van der Waals surface area (Å²) in [6, 6.07) is 20.6. The molecule has 3 aromatic carbocycles. The molecule has 6 heteroatoms. The summed E-state index contributed by atoms with van der Waals surface area (Å²) in [6.45, 7) is 2.28. The Morgan fingerprint density at radius 2 is 1.60 bits per heavy atom. The molecule has 0 atom stereocenters. The van der Waals surface area contributed by atoms with Gasteiger partial charge in [-0.2, -0.15) is 5.10 Å². The minimum atomic E-state index is -0.0957. The van der Waals surface area contributed by atoms with Crippen LogP contribution in [0.4, 0.5) is 5.69 Å². The molecule has 1 aliphatic heterocycles. The Morgan fingerprint density at radius 1 is 0.829 bits per heavy atom. The maximum absolute atomic E-state index is 12.4. The number of hydrogen-bond acceptors (Lipinski definition) is 4. The Morgan fingerprint density at radius 3 is 2.40 bits per heavy atom. The van der Waals surface area contributed by atoms with Gasteiger partial charge in [-0.05, 0) is 59.4 Å². The van der Waals surface area contributed by atoms with E-state index in [4.69, 9.17) is 4.98 Å². The van der Waals surface area contributed by atoms with Gasteiger partial charge < -0.3 is 10.2 Å². The van der Waals surface area contributed by atoms with Crippen molar-refractivity contribution in [3.05, 3.63) is 84.8 Å². The van der Waals surface area contributed by atoms with Gasteiger partial charge in [-0.15, -0.1) is 0 Å². The van der Waals surface area contributed by atoms with Gasteiger partial charge in [0.25, 0.3) is 5.91 Å². The van der Waals surface area contributed by atoms with Crippen molar-refractivity contribution in [2.45, 2.75) is 19.3 Å². The summed E-state index contributed by atoms with van der Waals surface area (Å²) < 4.78 is 1.84. The van der Waals surface area contributed by atoms with Crippen molar-refractivity contribution in [2.24, 2.45) is 0 Å². The standard InChI is InChI=1S/C29H27N5O/c1-30-29(35)26-10-6-7-23-24(26)8-5-9-25(23)27-18-32-34-19-21(17-31-28(27)34)20-11-13-22(14-12-20)33-15-3-2-4-16-33/h5-14,17-19H,2-4,15-16H2,1H3,(H,30,35). The summed E-state index contributed by atoms with van der Waals surface area (Å²) in [5.41, 5.74) is 6.83. The maximum Gasteiger partial charge on any atom is 0.251 e. The molecule has 6 rings (SSSR count). The lowest BCUT2D eigenvalue weighted by Crippen LogP contribution is -2.29. The lowest BCUT2D eigenvalue weighted by molar-refractivity contribution is 0.0964. The quantitative estimate of drug-likeness (QED) is 0.380. The second kappa shape index (κ2) is 8.87. The third-order valence-electron chi connectivity index (χ3n) is 6.96. The number of piperidine rings is 1. The van der Waals surface area contributed by atoms with Crippen molar-refractivity contribution in [1.82, 2.24) is 19.9 Å². The lowest BCUT2D eigenvalue weighted by atomic mass is 9.96. The van der Waals surface area contributed by atoms with Crippen molar-refractivity contribution in [3.63, 3.8) is 0 Å². The third-order valence-corrected chi connectivity index (χ3v) is 6.96. The molecule has 1 saturated heterocycles.